The second kappa shape index (κ2) is 10.2. The molecule has 0 bridgehead atoms. The van der Waals surface area contributed by atoms with Gasteiger partial charge in [-0.05, 0) is 67.5 Å². The monoisotopic (exact) mass is 422 g/mol. The summed E-state index contributed by atoms with van der Waals surface area (Å²) in [7, 11) is 4.09. The first-order valence-electron chi connectivity index (χ1n) is 10.7. The highest BCUT2D eigenvalue weighted by molar-refractivity contribution is 7.98. The number of ketones is 1. The molecule has 2 aromatic rings. The highest BCUT2D eigenvalue weighted by Gasteiger charge is 2.22. The fourth-order valence-corrected chi connectivity index (χ4v) is 5.24. The highest BCUT2D eigenvalue weighted by Crippen LogP contribution is 2.31. The zero-order chi connectivity index (χ0) is 21.7. The van der Waals surface area contributed by atoms with E-state index in [1.165, 1.54) is 33.5 Å². The van der Waals surface area contributed by atoms with Crippen LogP contribution in [0.5, 0.6) is 0 Å². The smallest absolute Gasteiger partial charge is 0.158 e. The zero-order valence-electron chi connectivity index (χ0n) is 18.9. The summed E-state index contributed by atoms with van der Waals surface area (Å²) in [6.45, 7) is 7.46. The van der Waals surface area contributed by atoms with Crippen LogP contribution in [-0.4, -0.2) is 32.2 Å². The maximum absolute atomic E-state index is 12.3. The number of nitrogens with one attached hydrogen (secondary N) is 1. The number of rotatable bonds is 8. The molecule has 1 aliphatic carbocycles. The fraction of sp³-hybridized carbons (Fsp3) is 0.423. The maximum atomic E-state index is 12.3. The second-order valence-electron chi connectivity index (χ2n) is 8.58. The van der Waals surface area contributed by atoms with Gasteiger partial charge in [-0.25, -0.2) is 0 Å². The lowest BCUT2D eigenvalue weighted by molar-refractivity contribution is -0.115. The van der Waals surface area contributed by atoms with E-state index in [1.54, 1.807) is 0 Å². The minimum Gasteiger partial charge on any atom is -0.387 e. The first-order chi connectivity index (χ1) is 14.3. The van der Waals surface area contributed by atoms with Crippen LogP contribution in [-0.2, 0) is 10.5 Å². The van der Waals surface area contributed by atoms with E-state index in [-0.39, 0.29) is 11.7 Å². The molecule has 0 spiro atoms. The molecule has 0 fully saturated rings. The lowest BCUT2D eigenvalue weighted by Gasteiger charge is -2.24. The van der Waals surface area contributed by atoms with E-state index in [9.17, 15) is 4.79 Å². The Morgan fingerprint density at radius 3 is 2.33 bits per heavy atom. The minimum atomic E-state index is 0.226. The Balaban J connectivity index is 1.49. The van der Waals surface area contributed by atoms with Crippen LogP contribution in [0.4, 0.5) is 5.69 Å². The summed E-state index contributed by atoms with van der Waals surface area (Å²) in [6.07, 6.45) is 3.32. The Morgan fingerprint density at radius 1 is 1.03 bits per heavy atom. The summed E-state index contributed by atoms with van der Waals surface area (Å²) in [5.74, 6) is 2.56. The molecule has 160 valence electrons. The third-order valence-electron chi connectivity index (χ3n) is 5.82. The van der Waals surface area contributed by atoms with E-state index in [2.05, 4.69) is 67.4 Å². The van der Waals surface area contributed by atoms with Gasteiger partial charge in [0.2, 0.25) is 0 Å². The van der Waals surface area contributed by atoms with Crippen molar-refractivity contribution in [2.45, 2.75) is 45.3 Å². The lowest BCUT2D eigenvalue weighted by atomic mass is 9.85. The Bertz CT molecular complexity index is 892. The number of aryl methyl sites for hydroxylation is 3. The van der Waals surface area contributed by atoms with Crippen LogP contribution in [0.3, 0.4) is 0 Å². The molecule has 1 atom stereocenters. The third kappa shape index (κ3) is 5.91. The zero-order valence-corrected chi connectivity index (χ0v) is 19.7. The Morgan fingerprint density at radius 2 is 1.70 bits per heavy atom. The number of nitrogens with zero attached hydrogens (tertiary/aromatic N) is 1. The highest BCUT2D eigenvalue weighted by atomic mass is 32.2. The lowest BCUT2D eigenvalue weighted by Crippen LogP contribution is -2.24. The number of carbonyl (C=O) groups is 1. The molecule has 3 nitrogen and oxygen atoms in total. The van der Waals surface area contributed by atoms with Crippen molar-refractivity contribution in [3.63, 3.8) is 0 Å². The van der Waals surface area contributed by atoms with E-state index in [0.717, 1.165) is 30.2 Å². The van der Waals surface area contributed by atoms with Gasteiger partial charge in [-0.1, -0.05) is 29.8 Å². The van der Waals surface area contributed by atoms with Gasteiger partial charge >= 0.3 is 0 Å². The van der Waals surface area contributed by atoms with Gasteiger partial charge in [0.1, 0.15) is 0 Å². The van der Waals surface area contributed by atoms with Crippen molar-refractivity contribution < 1.29 is 4.79 Å². The normalized spacial score (nSPS) is 16.4. The molecule has 4 heteroatoms. The summed E-state index contributed by atoms with van der Waals surface area (Å²) in [6, 6.07) is 13.1. The molecular formula is C26H34N2OS. The molecule has 0 heterocycles. The van der Waals surface area contributed by atoms with Crippen molar-refractivity contribution in [2.75, 3.05) is 31.3 Å². The fourth-order valence-electron chi connectivity index (χ4n) is 4.19. The Hall–Kier alpha value is -2.20. The van der Waals surface area contributed by atoms with Gasteiger partial charge in [-0.3, -0.25) is 4.79 Å². The van der Waals surface area contributed by atoms with E-state index in [1.807, 2.05) is 31.9 Å². The van der Waals surface area contributed by atoms with Gasteiger partial charge in [0.05, 0.1) is 0 Å². The standard InChI is InChI=1S/C26H34N2OS/c1-18-12-19(2)26(20(3)13-18)17-30-11-10-27-23-14-22(15-25(29)16-23)21-6-8-24(9-7-21)28(4)5/h6-9,12-13,16,22,27H,10-11,14-15,17H2,1-5H3/t22-/m1/s1. The van der Waals surface area contributed by atoms with Crippen molar-refractivity contribution in [1.82, 2.24) is 5.32 Å². The van der Waals surface area contributed by atoms with Crippen LogP contribution in [0.15, 0.2) is 48.2 Å². The molecule has 0 radical (unpaired) electrons. The predicted octanol–water partition coefficient (Wildman–Crippen LogP) is 5.53. The number of carbonyl (C=O) groups excluding carboxylic acids is 1. The van der Waals surface area contributed by atoms with E-state index in [0.29, 0.717) is 6.42 Å². The summed E-state index contributed by atoms with van der Waals surface area (Å²) < 4.78 is 0. The Kier molecular flexibility index (Phi) is 7.65. The average Bonchev–Trinajstić information content (AvgIpc) is 2.69. The third-order valence-corrected chi connectivity index (χ3v) is 6.80. The SMILES string of the molecule is Cc1cc(C)c(CSCCNC2=CC(=O)C[C@H](c3ccc(N(C)C)cc3)C2)c(C)c1. The van der Waals surface area contributed by atoms with Crippen LogP contribution in [0.25, 0.3) is 0 Å². The van der Waals surface area contributed by atoms with Crippen molar-refractivity contribution in [2.24, 2.45) is 0 Å². The van der Waals surface area contributed by atoms with Crippen LogP contribution >= 0.6 is 11.8 Å². The molecule has 0 aromatic heterocycles. The number of hydrogen-bond donors (Lipinski definition) is 1. The van der Waals surface area contributed by atoms with Crippen LogP contribution < -0.4 is 10.2 Å². The van der Waals surface area contributed by atoms with Gasteiger partial charge in [0.15, 0.2) is 5.78 Å². The second-order valence-corrected chi connectivity index (χ2v) is 9.69. The van der Waals surface area contributed by atoms with E-state index in [4.69, 9.17) is 0 Å². The van der Waals surface area contributed by atoms with E-state index < -0.39 is 0 Å². The summed E-state index contributed by atoms with van der Waals surface area (Å²) in [5.41, 5.74) is 9.08. The van der Waals surface area contributed by atoms with Gasteiger partial charge in [0.25, 0.3) is 0 Å². The van der Waals surface area contributed by atoms with Gasteiger partial charge in [-0.15, -0.1) is 0 Å². The molecule has 0 saturated carbocycles. The number of benzene rings is 2. The molecule has 2 aromatic carbocycles. The summed E-state index contributed by atoms with van der Waals surface area (Å²) >= 11 is 1.95. The van der Waals surface area contributed by atoms with Crippen molar-refractivity contribution in [1.29, 1.82) is 0 Å². The van der Waals surface area contributed by atoms with Gasteiger partial charge in [0, 0.05) is 56.0 Å². The van der Waals surface area contributed by atoms with Crippen molar-refractivity contribution >= 4 is 23.2 Å². The first-order valence-corrected chi connectivity index (χ1v) is 11.9. The maximum Gasteiger partial charge on any atom is 0.158 e. The molecular weight excluding hydrogens is 388 g/mol. The minimum absolute atomic E-state index is 0.226. The molecule has 30 heavy (non-hydrogen) atoms. The summed E-state index contributed by atoms with van der Waals surface area (Å²) in [5, 5.41) is 3.52. The van der Waals surface area contributed by atoms with Crippen LogP contribution in [0.1, 0.15) is 46.6 Å². The number of allylic oxidation sites excluding steroid dienone is 2. The quantitative estimate of drug-likeness (QED) is 0.567. The topological polar surface area (TPSA) is 32.3 Å². The predicted molar refractivity (Wildman–Crippen MR) is 131 cm³/mol. The first kappa shape index (κ1) is 22.5. The van der Waals surface area contributed by atoms with Crippen molar-refractivity contribution in [3.05, 3.63) is 76.0 Å². The van der Waals surface area contributed by atoms with Crippen molar-refractivity contribution in [3.8, 4) is 0 Å². The van der Waals surface area contributed by atoms with E-state index >= 15 is 0 Å². The molecule has 1 N–H and O–H groups in total. The number of thioether (sulfide) groups is 1. The largest absolute Gasteiger partial charge is 0.387 e. The van der Waals surface area contributed by atoms with Crippen LogP contribution in [0, 0.1) is 20.8 Å². The van der Waals surface area contributed by atoms with Gasteiger partial charge in [-0.2, -0.15) is 11.8 Å². The molecule has 0 amide bonds. The van der Waals surface area contributed by atoms with Crippen LogP contribution in [0.2, 0.25) is 0 Å². The molecule has 0 aliphatic heterocycles. The average molecular weight is 423 g/mol. The molecule has 0 unspecified atom stereocenters. The molecule has 0 saturated heterocycles. The number of anilines is 1. The molecule has 3 rings (SSSR count). The summed E-state index contributed by atoms with van der Waals surface area (Å²) in [4.78, 5) is 14.4. The van der Waals surface area contributed by atoms with Gasteiger partial charge < -0.3 is 10.2 Å². The Labute approximate surface area is 185 Å². The molecule has 1 aliphatic rings. The number of hydrogen-bond acceptors (Lipinski definition) is 4.